The van der Waals surface area contributed by atoms with Crippen molar-refractivity contribution in [1.82, 2.24) is 10.3 Å². The van der Waals surface area contributed by atoms with E-state index in [1.807, 2.05) is 19.9 Å². The summed E-state index contributed by atoms with van der Waals surface area (Å²) >= 11 is 1.41. The summed E-state index contributed by atoms with van der Waals surface area (Å²) in [6, 6.07) is 1.96. The predicted molar refractivity (Wildman–Crippen MR) is 83.9 cm³/mol. The maximum absolute atomic E-state index is 12.1. The van der Waals surface area contributed by atoms with Crippen LogP contribution in [0.4, 0.5) is 5.69 Å². The van der Waals surface area contributed by atoms with Gasteiger partial charge < -0.3 is 11.1 Å². The molecule has 0 atom stereocenters. The molecule has 2 rings (SSSR count). The summed E-state index contributed by atoms with van der Waals surface area (Å²) in [5.74, 6) is 2.41. The molecule has 0 aliphatic carbocycles. The molecule has 0 unspecified atom stereocenters. The molecule has 0 spiro atoms. The number of nitrogen functional groups attached to an aromatic ring is 1. The number of carbonyl (C=O) groups excluding carboxylic acids is 1. The third-order valence-electron chi connectivity index (χ3n) is 3.01. The number of thiophene rings is 1. The minimum Gasteiger partial charge on any atom is -0.397 e. The van der Waals surface area contributed by atoms with Gasteiger partial charge in [-0.3, -0.25) is 9.78 Å². The molecular formula is C15H17N3OS. The summed E-state index contributed by atoms with van der Waals surface area (Å²) < 4.78 is 1.00. The second-order valence-corrected chi connectivity index (χ2v) is 5.68. The van der Waals surface area contributed by atoms with Gasteiger partial charge in [-0.1, -0.05) is 0 Å². The first-order valence-corrected chi connectivity index (χ1v) is 7.24. The number of carbonyl (C=O) groups is 1. The van der Waals surface area contributed by atoms with Crippen molar-refractivity contribution in [1.29, 1.82) is 0 Å². The Balaban J connectivity index is 2.27. The Kier molecular flexibility index (Phi) is 4.26. The first kappa shape index (κ1) is 14.4. The average molecular weight is 287 g/mol. The van der Waals surface area contributed by atoms with Gasteiger partial charge in [-0.2, -0.15) is 0 Å². The van der Waals surface area contributed by atoms with Crippen LogP contribution in [0.15, 0.2) is 6.07 Å². The lowest BCUT2D eigenvalue weighted by atomic mass is 10.2. The van der Waals surface area contributed by atoms with Crippen molar-refractivity contribution in [2.75, 3.05) is 12.3 Å². The Hall–Kier alpha value is -2.06. The third-order valence-corrected chi connectivity index (χ3v) is 4.16. The second kappa shape index (κ2) is 5.93. The predicted octanol–water partition coefficient (Wildman–Crippen LogP) is 2.64. The number of hydrogen-bond donors (Lipinski definition) is 2. The van der Waals surface area contributed by atoms with E-state index in [4.69, 9.17) is 12.2 Å². The number of unbranched alkanes of at least 4 members (excludes halogenated alkanes) is 1. The van der Waals surface area contributed by atoms with Gasteiger partial charge in [0, 0.05) is 34.4 Å². The summed E-state index contributed by atoms with van der Waals surface area (Å²) in [4.78, 5) is 17.1. The molecule has 0 aromatic carbocycles. The summed E-state index contributed by atoms with van der Waals surface area (Å²) in [6.45, 7) is 4.40. The van der Waals surface area contributed by atoms with E-state index in [1.165, 1.54) is 11.3 Å². The summed E-state index contributed by atoms with van der Waals surface area (Å²) in [6.07, 6.45) is 6.60. The van der Waals surface area contributed by atoms with Crippen molar-refractivity contribution in [2.24, 2.45) is 0 Å². The van der Waals surface area contributed by atoms with Crippen molar-refractivity contribution in [2.45, 2.75) is 26.7 Å². The number of nitrogens with two attached hydrogens (primary N) is 1. The molecule has 0 saturated carbocycles. The van der Waals surface area contributed by atoms with Gasteiger partial charge in [0.25, 0.3) is 5.91 Å². The minimum atomic E-state index is -0.141. The summed E-state index contributed by atoms with van der Waals surface area (Å²) in [5, 5.41) is 3.73. The zero-order chi connectivity index (χ0) is 14.7. The van der Waals surface area contributed by atoms with E-state index in [1.54, 1.807) is 0 Å². The number of nitrogens with zero attached hydrogens (tertiary/aromatic N) is 1. The van der Waals surface area contributed by atoms with Gasteiger partial charge in [0.1, 0.15) is 4.88 Å². The van der Waals surface area contributed by atoms with Gasteiger partial charge >= 0.3 is 0 Å². The van der Waals surface area contributed by atoms with E-state index in [2.05, 4.69) is 16.2 Å². The van der Waals surface area contributed by atoms with Gasteiger partial charge in [-0.15, -0.1) is 23.7 Å². The van der Waals surface area contributed by atoms with E-state index < -0.39 is 0 Å². The van der Waals surface area contributed by atoms with Crippen molar-refractivity contribution in [3.63, 3.8) is 0 Å². The lowest BCUT2D eigenvalue weighted by Crippen LogP contribution is -2.24. The van der Waals surface area contributed by atoms with Crippen LogP contribution in [0.2, 0.25) is 0 Å². The Morgan fingerprint density at radius 1 is 1.55 bits per heavy atom. The molecule has 0 aliphatic heterocycles. The molecule has 3 N–H and O–H groups in total. The largest absolute Gasteiger partial charge is 0.397 e. The molecule has 5 heteroatoms. The van der Waals surface area contributed by atoms with E-state index >= 15 is 0 Å². The second-order valence-electron chi connectivity index (χ2n) is 4.63. The Labute approximate surface area is 122 Å². The van der Waals surface area contributed by atoms with E-state index in [0.717, 1.165) is 27.9 Å². The lowest BCUT2D eigenvalue weighted by molar-refractivity contribution is 0.0958. The maximum atomic E-state index is 12.1. The number of rotatable bonds is 4. The highest BCUT2D eigenvalue weighted by atomic mass is 32.1. The van der Waals surface area contributed by atoms with Crippen LogP contribution < -0.4 is 11.1 Å². The number of amides is 1. The number of hydrogen-bond acceptors (Lipinski definition) is 4. The highest BCUT2D eigenvalue weighted by Gasteiger charge is 2.18. The molecule has 104 valence electrons. The Morgan fingerprint density at radius 2 is 2.30 bits per heavy atom. The number of aryl methyl sites for hydroxylation is 2. The van der Waals surface area contributed by atoms with Crippen LogP contribution >= 0.6 is 11.3 Å². The molecule has 0 radical (unpaired) electrons. The fourth-order valence-corrected chi connectivity index (χ4v) is 3.31. The molecule has 2 aromatic rings. The SMILES string of the molecule is C#CCCCNC(=O)c1sc2cc(C)nc(C)c2c1N. The fourth-order valence-electron chi connectivity index (χ4n) is 2.12. The van der Waals surface area contributed by atoms with Crippen molar-refractivity contribution in [3.8, 4) is 12.3 Å². The van der Waals surface area contributed by atoms with Crippen LogP contribution in [0.1, 0.15) is 33.9 Å². The normalized spacial score (nSPS) is 10.4. The fraction of sp³-hybridized carbons (Fsp3) is 0.333. The minimum absolute atomic E-state index is 0.141. The number of fused-ring (bicyclic) bond motifs is 1. The zero-order valence-corrected chi connectivity index (χ0v) is 12.4. The van der Waals surface area contributed by atoms with Gasteiger partial charge in [-0.25, -0.2) is 0 Å². The third kappa shape index (κ3) is 2.75. The Morgan fingerprint density at radius 3 is 3.00 bits per heavy atom. The average Bonchev–Trinajstić information content (AvgIpc) is 2.71. The first-order chi connectivity index (χ1) is 9.54. The van der Waals surface area contributed by atoms with Gasteiger partial charge in [0.05, 0.1) is 5.69 Å². The van der Waals surface area contributed by atoms with Crippen LogP contribution in [-0.2, 0) is 0 Å². The topological polar surface area (TPSA) is 68.0 Å². The Bertz CT molecular complexity index is 697. The quantitative estimate of drug-likeness (QED) is 0.671. The highest BCUT2D eigenvalue weighted by molar-refractivity contribution is 7.21. The molecule has 0 aliphatic rings. The zero-order valence-electron chi connectivity index (χ0n) is 11.6. The monoisotopic (exact) mass is 287 g/mol. The molecule has 2 heterocycles. The van der Waals surface area contributed by atoms with E-state index in [0.29, 0.717) is 23.5 Å². The maximum Gasteiger partial charge on any atom is 0.263 e. The molecule has 20 heavy (non-hydrogen) atoms. The smallest absolute Gasteiger partial charge is 0.263 e. The van der Waals surface area contributed by atoms with E-state index in [9.17, 15) is 4.79 Å². The molecule has 0 bridgehead atoms. The molecule has 0 fully saturated rings. The molecular weight excluding hydrogens is 270 g/mol. The van der Waals surface area contributed by atoms with Crippen LogP contribution in [0.3, 0.4) is 0 Å². The van der Waals surface area contributed by atoms with Gasteiger partial charge in [-0.05, 0) is 26.3 Å². The van der Waals surface area contributed by atoms with Crippen LogP contribution in [0.5, 0.6) is 0 Å². The van der Waals surface area contributed by atoms with Crippen molar-refractivity contribution in [3.05, 3.63) is 22.3 Å². The summed E-state index contributed by atoms with van der Waals surface area (Å²) in [5.41, 5.74) is 8.41. The molecule has 2 aromatic heterocycles. The number of terminal acetylenes is 1. The molecule has 0 saturated heterocycles. The highest BCUT2D eigenvalue weighted by Crippen LogP contribution is 2.35. The van der Waals surface area contributed by atoms with Gasteiger partial charge in [0.2, 0.25) is 0 Å². The van der Waals surface area contributed by atoms with Crippen LogP contribution in [0.25, 0.3) is 10.1 Å². The number of nitrogens with one attached hydrogen (secondary N) is 1. The first-order valence-electron chi connectivity index (χ1n) is 6.42. The summed E-state index contributed by atoms with van der Waals surface area (Å²) in [7, 11) is 0. The van der Waals surface area contributed by atoms with Gasteiger partial charge in [0.15, 0.2) is 0 Å². The lowest BCUT2D eigenvalue weighted by Gasteiger charge is -2.03. The van der Waals surface area contributed by atoms with Crippen LogP contribution in [-0.4, -0.2) is 17.4 Å². The number of anilines is 1. The standard InChI is InChI=1S/C15H17N3OS/c1-4-5-6-7-17-15(19)14-13(16)12-10(3)18-9(2)8-11(12)20-14/h1,8H,5-7,16H2,2-3H3,(H,17,19). The van der Waals surface area contributed by atoms with Crippen molar-refractivity contribution < 1.29 is 4.79 Å². The molecule has 4 nitrogen and oxygen atoms in total. The van der Waals surface area contributed by atoms with E-state index in [-0.39, 0.29) is 5.91 Å². The van der Waals surface area contributed by atoms with Crippen LogP contribution in [0, 0.1) is 26.2 Å². The number of pyridine rings is 1. The number of aromatic nitrogens is 1. The molecule has 1 amide bonds. The van der Waals surface area contributed by atoms with Crippen molar-refractivity contribution >= 4 is 33.0 Å².